The maximum absolute atomic E-state index is 12.3. The molecule has 0 saturated heterocycles. The highest BCUT2D eigenvalue weighted by atomic mass is 16.5. The number of carbonyl (C=O) groups excluding carboxylic acids is 1. The largest absolute Gasteiger partial charge is 0.493 e. The lowest BCUT2D eigenvalue weighted by atomic mass is 10.1. The van der Waals surface area contributed by atoms with E-state index in [1.54, 1.807) is 24.3 Å². The predicted octanol–water partition coefficient (Wildman–Crippen LogP) is 3.09. The average molecular weight is 353 g/mol. The van der Waals surface area contributed by atoms with Crippen molar-refractivity contribution in [1.82, 2.24) is 10.2 Å². The first-order valence-electron chi connectivity index (χ1n) is 7.79. The third kappa shape index (κ3) is 3.54. The Hall–Kier alpha value is -3.68. The highest BCUT2D eigenvalue weighted by Crippen LogP contribution is 2.29. The van der Waals surface area contributed by atoms with Gasteiger partial charge in [-0.25, -0.2) is 4.79 Å². The van der Waals surface area contributed by atoms with Gasteiger partial charge in [0, 0.05) is 0 Å². The smallest absolute Gasteiger partial charge is 0.336 e. The number of amides is 1. The van der Waals surface area contributed by atoms with E-state index in [4.69, 9.17) is 14.3 Å². The van der Waals surface area contributed by atoms with Crippen molar-refractivity contribution >= 4 is 17.9 Å². The van der Waals surface area contributed by atoms with E-state index in [1.807, 2.05) is 13.0 Å². The molecule has 1 amide bonds. The average Bonchev–Trinajstić information content (AvgIpc) is 3.10. The standard InChI is InChI=1S/C18H15N3O5/c1-2-25-14-10-6-5-9-13(14)16-20-21-18(26-16)19-15(22)11-7-3-4-8-12(11)17(23)24/h3-10H,2H2,1H3,(H,23,24)(H,19,21,22). The Morgan fingerprint density at radius 1 is 1.08 bits per heavy atom. The molecule has 0 atom stereocenters. The van der Waals surface area contributed by atoms with Crippen LogP contribution in [0, 0.1) is 0 Å². The number of aromatic carboxylic acids is 1. The zero-order valence-electron chi connectivity index (χ0n) is 13.8. The number of hydrogen-bond donors (Lipinski definition) is 2. The van der Waals surface area contributed by atoms with Gasteiger partial charge >= 0.3 is 12.0 Å². The highest BCUT2D eigenvalue weighted by Gasteiger charge is 2.19. The number of hydrogen-bond acceptors (Lipinski definition) is 6. The van der Waals surface area contributed by atoms with Gasteiger partial charge in [0.2, 0.25) is 0 Å². The summed E-state index contributed by atoms with van der Waals surface area (Å²) in [5, 5.41) is 19.3. The zero-order chi connectivity index (χ0) is 18.5. The molecule has 132 valence electrons. The van der Waals surface area contributed by atoms with E-state index in [2.05, 4.69) is 15.5 Å². The first kappa shape index (κ1) is 17.2. The van der Waals surface area contributed by atoms with Gasteiger partial charge in [0.05, 0.1) is 23.3 Å². The third-order valence-electron chi connectivity index (χ3n) is 3.46. The second-order valence-corrected chi connectivity index (χ2v) is 5.15. The van der Waals surface area contributed by atoms with Crippen LogP contribution in [-0.4, -0.2) is 33.8 Å². The zero-order valence-corrected chi connectivity index (χ0v) is 13.8. The quantitative estimate of drug-likeness (QED) is 0.700. The number of carbonyl (C=O) groups is 2. The van der Waals surface area contributed by atoms with E-state index in [-0.39, 0.29) is 23.0 Å². The molecule has 8 nitrogen and oxygen atoms in total. The molecular weight excluding hydrogens is 338 g/mol. The molecule has 0 fully saturated rings. The summed E-state index contributed by atoms with van der Waals surface area (Å²) >= 11 is 0. The molecule has 0 saturated carbocycles. The number of benzene rings is 2. The first-order valence-corrected chi connectivity index (χ1v) is 7.79. The van der Waals surface area contributed by atoms with Crippen molar-refractivity contribution in [2.45, 2.75) is 6.92 Å². The number of nitrogens with zero attached hydrogens (tertiary/aromatic N) is 2. The van der Waals surface area contributed by atoms with E-state index in [0.717, 1.165) is 0 Å². The molecule has 0 unspecified atom stereocenters. The number of anilines is 1. The van der Waals surface area contributed by atoms with E-state index in [9.17, 15) is 9.59 Å². The number of para-hydroxylation sites is 1. The van der Waals surface area contributed by atoms with Crippen LogP contribution in [0.5, 0.6) is 5.75 Å². The van der Waals surface area contributed by atoms with Crippen molar-refractivity contribution in [3.63, 3.8) is 0 Å². The first-order chi connectivity index (χ1) is 12.6. The minimum absolute atomic E-state index is 0.00512. The van der Waals surface area contributed by atoms with Gasteiger partial charge < -0.3 is 14.3 Å². The number of nitrogens with one attached hydrogen (secondary N) is 1. The highest BCUT2D eigenvalue weighted by molar-refractivity contribution is 6.10. The maximum atomic E-state index is 12.3. The molecule has 26 heavy (non-hydrogen) atoms. The number of aromatic nitrogens is 2. The topological polar surface area (TPSA) is 115 Å². The molecule has 0 aliphatic carbocycles. The summed E-state index contributed by atoms with van der Waals surface area (Å²) in [5.41, 5.74) is 0.467. The van der Waals surface area contributed by atoms with E-state index in [1.165, 1.54) is 18.2 Å². The van der Waals surface area contributed by atoms with Crippen LogP contribution in [0.2, 0.25) is 0 Å². The Balaban J connectivity index is 1.84. The molecule has 2 aromatic carbocycles. The van der Waals surface area contributed by atoms with E-state index in [0.29, 0.717) is 17.9 Å². The molecular formula is C18H15N3O5. The molecule has 0 radical (unpaired) electrons. The van der Waals surface area contributed by atoms with Crippen molar-refractivity contribution in [2.24, 2.45) is 0 Å². The third-order valence-corrected chi connectivity index (χ3v) is 3.46. The second kappa shape index (κ2) is 7.47. The summed E-state index contributed by atoms with van der Waals surface area (Å²) < 4.78 is 11.0. The van der Waals surface area contributed by atoms with Crippen LogP contribution in [-0.2, 0) is 0 Å². The number of carboxylic acid groups (broad SMARTS) is 1. The summed E-state index contributed by atoms with van der Waals surface area (Å²) in [7, 11) is 0. The second-order valence-electron chi connectivity index (χ2n) is 5.15. The molecule has 0 aliphatic heterocycles. The lowest BCUT2D eigenvalue weighted by Gasteiger charge is -2.06. The Morgan fingerprint density at radius 2 is 1.77 bits per heavy atom. The Bertz CT molecular complexity index is 951. The van der Waals surface area contributed by atoms with Crippen LogP contribution in [0.1, 0.15) is 27.6 Å². The number of ether oxygens (including phenoxy) is 1. The van der Waals surface area contributed by atoms with Crippen molar-refractivity contribution < 1.29 is 23.8 Å². The Kier molecular flexibility index (Phi) is 4.93. The fourth-order valence-corrected chi connectivity index (χ4v) is 2.34. The minimum Gasteiger partial charge on any atom is -0.493 e. The summed E-state index contributed by atoms with van der Waals surface area (Å²) in [4.78, 5) is 23.5. The van der Waals surface area contributed by atoms with Crippen LogP contribution in [0.15, 0.2) is 52.9 Å². The summed E-state index contributed by atoms with van der Waals surface area (Å²) in [6.07, 6.45) is 0. The molecule has 0 spiro atoms. The molecule has 2 N–H and O–H groups in total. The Morgan fingerprint density at radius 3 is 2.50 bits per heavy atom. The van der Waals surface area contributed by atoms with Crippen LogP contribution in [0.25, 0.3) is 11.5 Å². The van der Waals surface area contributed by atoms with Gasteiger partial charge in [0.25, 0.3) is 11.8 Å². The molecule has 0 bridgehead atoms. The molecule has 8 heteroatoms. The van der Waals surface area contributed by atoms with Crippen molar-refractivity contribution in [3.05, 3.63) is 59.7 Å². The lowest BCUT2D eigenvalue weighted by Crippen LogP contribution is -2.16. The van der Waals surface area contributed by atoms with Crippen LogP contribution in [0.3, 0.4) is 0 Å². The van der Waals surface area contributed by atoms with Crippen molar-refractivity contribution in [3.8, 4) is 17.2 Å². The maximum Gasteiger partial charge on any atom is 0.336 e. The minimum atomic E-state index is -1.20. The van der Waals surface area contributed by atoms with Gasteiger partial charge in [-0.3, -0.25) is 10.1 Å². The van der Waals surface area contributed by atoms with Gasteiger partial charge in [-0.2, -0.15) is 0 Å². The molecule has 3 aromatic rings. The number of carboxylic acids is 1. The molecule has 3 rings (SSSR count). The molecule has 1 heterocycles. The molecule has 1 aromatic heterocycles. The van der Waals surface area contributed by atoms with Gasteiger partial charge in [-0.05, 0) is 31.2 Å². The number of rotatable bonds is 6. The summed E-state index contributed by atoms with van der Waals surface area (Å²) in [6.45, 7) is 2.33. The van der Waals surface area contributed by atoms with Gasteiger partial charge in [-0.1, -0.05) is 29.4 Å². The summed E-state index contributed by atoms with van der Waals surface area (Å²) in [5.74, 6) is -1.10. The SMILES string of the molecule is CCOc1ccccc1-c1nnc(NC(=O)c2ccccc2C(=O)O)o1. The molecule has 0 aliphatic rings. The van der Waals surface area contributed by atoms with Gasteiger partial charge in [-0.15, -0.1) is 5.10 Å². The van der Waals surface area contributed by atoms with Gasteiger partial charge in [0.15, 0.2) is 0 Å². The fraction of sp³-hybridized carbons (Fsp3) is 0.111. The van der Waals surface area contributed by atoms with Crippen molar-refractivity contribution in [2.75, 3.05) is 11.9 Å². The van der Waals surface area contributed by atoms with Crippen LogP contribution in [0.4, 0.5) is 6.01 Å². The van der Waals surface area contributed by atoms with Crippen molar-refractivity contribution in [1.29, 1.82) is 0 Å². The summed E-state index contributed by atoms with van der Waals surface area (Å²) in [6, 6.07) is 12.8. The van der Waals surface area contributed by atoms with E-state index < -0.39 is 11.9 Å². The lowest BCUT2D eigenvalue weighted by molar-refractivity contribution is 0.0692. The van der Waals surface area contributed by atoms with Crippen LogP contribution < -0.4 is 10.1 Å². The van der Waals surface area contributed by atoms with E-state index >= 15 is 0 Å². The monoisotopic (exact) mass is 353 g/mol. The van der Waals surface area contributed by atoms with Gasteiger partial charge in [0.1, 0.15) is 5.75 Å². The fourth-order valence-electron chi connectivity index (χ4n) is 2.34. The van der Waals surface area contributed by atoms with Crippen LogP contribution >= 0.6 is 0 Å². The normalized spacial score (nSPS) is 10.3. The predicted molar refractivity (Wildman–Crippen MR) is 92.3 cm³/mol. The Labute approximate surface area is 148 Å².